The number of benzene rings is 1. The van der Waals surface area contributed by atoms with Gasteiger partial charge in [0.2, 0.25) is 0 Å². The van der Waals surface area contributed by atoms with Gasteiger partial charge >= 0.3 is 0 Å². The van der Waals surface area contributed by atoms with Crippen molar-refractivity contribution in [2.45, 2.75) is 26.2 Å². The summed E-state index contributed by atoms with van der Waals surface area (Å²) < 4.78 is 0. The van der Waals surface area contributed by atoms with Crippen LogP contribution in [0.2, 0.25) is 0 Å². The number of rotatable bonds is 1. The standard InChI is InChI=1S/C14H16N2O2/c1-14(2,3)10-6-4-9(5-7-10)11-8-12(17)15-16-13(11)18/h4-8H,1-3H3,(H,15,17)(H,16,18). The Labute approximate surface area is 105 Å². The lowest BCUT2D eigenvalue weighted by molar-refractivity contribution is 0.590. The highest BCUT2D eigenvalue weighted by atomic mass is 16.1. The van der Waals surface area contributed by atoms with Crippen LogP contribution < -0.4 is 11.1 Å². The summed E-state index contributed by atoms with van der Waals surface area (Å²) in [6.07, 6.45) is 0. The van der Waals surface area contributed by atoms with Gasteiger partial charge in [-0.2, -0.15) is 0 Å². The van der Waals surface area contributed by atoms with Crippen molar-refractivity contribution in [2.75, 3.05) is 0 Å². The van der Waals surface area contributed by atoms with Crippen LogP contribution in [0.3, 0.4) is 0 Å². The Hall–Kier alpha value is -2.10. The minimum Gasteiger partial charge on any atom is -0.268 e. The maximum absolute atomic E-state index is 11.6. The van der Waals surface area contributed by atoms with Gasteiger partial charge in [-0.25, -0.2) is 0 Å². The molecule has 0 radical (unpaired) electrons. The zero-order valence-electron chi connectivity index (χ0n) is 10.7. The molecule has 0 saturated carbocycles. The SMILES string of the molecule is CC(C)(C)c1ccc(-c2cc(=O)[nH][nH]c2=O)cc1. The first-order valence-electron chi connectivity index (χ1n) is 5.81. The fourth-order valence-electron chi connectivity index (χ4n) is 1.78. The van der Waals surface area contributed by atoms with Gasteiger partial charge in [0.1, 0.15) is 0 Å². The van der Waals surface area contributed by atoms with Crippen LogP contribution in [0.1, 0.15) is 26.3 Å². The summed E-state index contributed by atoms with van der Waals surface area (Å²) >= 11 is 0. The average molecular weight is 244 g/mol. The van der Waals surface area contributed by atoms with Gasteiger partial charge in [0.05, 0.1) is 5.56 Å². The van der Waals surface area contributed by atoms with Crippen molar-refractivity contribution in [1.82, 2.24) is 10.2 Å². The van der Waals surface area contributed by atoms with Crippen molar-refractivity contribution in [2.24, 2.45) is 0 Å². The molecule has 4 nitrogen and oxygen atoms in total. The Morgan fingerprint density at radius 3 is 2.11 bits per heavy atom. The lowest BCUT2D eigenvalue weighted by Gasteiger charge is -2.19. The average Bonchev–Trinajstić information content (AvgIpc) is 2.31. The molecule has 0 aliphatic rings. The Morgan fingerprint density at radius 1 is 0.944 bits per heavy atom. The van der Waals surface area contributed by atoms with E-state index in [2.05, 4.69) is 31.0 Å². The van der Waals surface area contributed by atoms with Gasteiger partial charge in [-0.1, -0.05) is 45.0 Å². The molecule has 4 heteroatoms. The van der Waals surface area contributed by atoms with E-state index in [4.69, 9.17) is 0 Å². The summed E-state index contributed by atoms with van der Waals surface area (Å²) in [5, 5.41) is 4.57. The smallest absolute Gasteiger partial charge is 0.268 e. The summed E-state index contributed by atoms with van der Waals surface area (Å²) in [5.74, 6) is 0. The third-order valence-corrected chi connectivity index (χ3v) is 2.88. The molecule has 1 heterocycles. The molecule has 1 aromatic carbocycles. The van der Waals surface area contributed by atoms with E-state index in [9.17, 15) is 9.59 Å². The van der Waals surface area contributed by atoms with Gasteiger partial charge in [-0.15, -0.1) is 0 Å². The first kappa shape index (κ1) is 12.4. The predicted molar refractivity (Wildman–Crippen MR) is 71.8 cm³/mol. The van der Waals surface area contributed by atoms with Crippen LogP contribution in [-0.2, 0) is 5.41 Å². The molecule has 0 amide bonds. The zero-order chi connectivity index (χ0) is 13.3. The first-order chi connectivity index (χ1) is 8.38. The Morgan fingerprint density at radius 2 is 1.56 bits per heavy atom. The van der Waals surface area contributed by atoms with Crippen LogP contribution >= 0.6 is 0 Å². The van der Waals surface area contributed by atoms with Crippen LogP contribution in [-0.4, -0.2) is 10.2 Å². The highest BCUT2D eigenvalue weighted by Crippen LogP contribution is 2.24. The largest absolute Gasteiger partial charge is 0.270 e. The van der Waals surface area contributed by atoms with E-state index in [-0.39, 0.29) is 16.5 Å². The maximum Gasteiger partial charge on any atom is 0.270 e. The number of aromatic amines is 2. The van der Waals surface area contributed by atoms with Gasteiger partial charge < -0.3 is 0 Å². The molecular formula is C14H16N2O2. The molecule has 2 N–H and O–H groups in total. The first-order valence-corrected chi connectivity index (χ1v) is 5.81. The van der Waals surface area contributed by atoms with E-state index in [1.807, 2.05) is 24.3 Å². The quantitative estimate of drug-likeness (QED) is 0.806. The third-order valence-electron chi connectivity index (χ3n) is 2.88. The second-order valence-corrected chi connectivity index (χ2v) is 5.33. The van der Waals surface area contributed by atoms with Crippen molar-refractivity contribution in [3.05, 3.63) is 56.6 Å². The van der Waals surface area contributed by atoms with E-state index in [1.165, 1.54) is 11.6 Å². The van der Waals surface area contributed by atoms with E-state index in [0.717, 1.165) is 5.56 Å². The van der Waals surface area contributed by atoms with Gasteiger partial charge in [0.15, 0.2) is 0 Å². The second kappa shape index (κ2) is 4.29. The second-order valence-electron chi connectivity index (χ2n) is 5.33. The summed E-state index contributed by atoms with van der Waals surface area (Å²) in [6.45, 7) is 6.38. The van der Waals surface area contributed by atoms with Crippen LogP contribution in [0.15, 0.2) is 39.9 Å². The molecule has 18 heavy (non-hydrogen) atoms. The molecule has 0 fully saturated rings. The van der Waals surface area contributed by atoms with E-state index >= 15 is 0 Å². The molecule has 0 saturated heterocycles. The lowest BCUT2D eigenvalue weighted by Crippen LogP contribution is -2.19. The minimum absolute atomic E-state index is 0.0686. The summed E-state index contributed by atoms with van der Waals surface area (Å²) in [6, 6.07) is 9.01. The van der Waals surface area contributed by atoms with Gasteiger partial charge in [0.25, 0.3) is 11.1 Å². The Balaban J connectivity index is 2.50. The lowest BCUT2D eigenvalue weighted by atomic mass is 9.86. The summed E-state index contributed by atoms with van der Waals surface area (Å²) in [7, 11) is 0. The molecule has 2 aromatic rings. The van der Waals surface area contributed by atoms with E-state index in [1.54, 1.807) is 0 Å². The zero-order valence-corrected chi connectivity index (χ0v) is 10.7. The molecule has 0 bridgehead atoms. The molecule has 0 atom stereocenters. The van der Waals surface area contributed by atoms with Crippen molar-refractivity contribution >= 4 is 0 Å². The van der Waals surface area contributed by atoms with Crippen LogP contribution in [0.25, 0.3) is 11.1 Å². The molecule has 0 aliphatic heterocycles. The Bertz CT molecular complexity index is 658. The summed E-state index contributed by atoms with van der Waals surface area (Å²) in [4.78, 5) is 22.8. The monoisotopic (exact) mass is 244 g/mol. The molecule has 0 unspecified atom stereocenters. The van der Waals surface area contributed by atoms with Gasteiger partial charge in [0, 0.05) is 6.07 Å². The minimum atomic E-state index is -0.315. The van der Waals surface area contributed by atoms with Crippen molar-refractivity contribution < 1.29 is 0 Å². The highest BCUT2D eigenvalue weighted by Gasteiger charge is 2.13. The molecule has 0 spiro atoms. The number of hydrogen-bond donors (Lipinski definition) is 2. The van der Waals surface area contributed by atoms with Gasteiger partial charge in [-0.3, -0.25) is 19.8 Å². The topological polar surface area (TPSA) is 65.7 Å². The maximum atomic E-state index is 11.6. The van der Waals surface area contributed by atoms with E-state index in [0.29, 0.717) is 5.56 Å². The molecule has 2 rings (SSSR count). The van der Waals surface area contributed by atoms with Crippen LogP contribution in [0.5, 0.6) is 0 Å². The normalized spacial score (nSPS) is 11.5. The van der Waals surface area contributed by atoms with E-state index < -0.39 is 0 Å². The predicted octanol–water partition coefficient (Wildman–Crippen LogP) is 2.03. The number of nitrogens with one attached hydrogen (secondary N) is 2. The fraction of sp³-hybridized carbons (Fsp3) is 0.286. The van der Waals surface area contributed by atoms with Crippen LogP contribution in [0, 0.1) is 0 Å². The Kier molecular flexibility index (Phi) is 2.95. The molecule has 1 aromatic heterocycles. The van der Waals surface area contributed by atoms with Crippen molar-refractivity contribution in [1.29, 1.82) is 0 Å². The van der Waals surface area contributed by atoms with Crippen molar-refractivity contribution in [3.8, 4) is 11.1 Å². The number of H-pyrrole nitrogens is 2. The van der Waals surface area contributed by atoms with Gasteiger partial charge in [-0.05, 0) is 16.5 Å². The number of aromatic nitrogens is 2. The summed E-state index contributed by atoms with van der Waals surface area (Å²) in [5.41, 5.74) is 1.78. The molecule has 94 valence electrons. The molecular weight excluding hydrogens is 228 g/mol. The number of hydrogen-bond acceptors (Lipinski definition) is 2. The molecule has 0 aliphatic carbocycles. The highest BCUT2D eigenvalue weighted by molar-refractivity contribution is 5.62. The van der Waals surface area contributed by atoms with Crippen molar-refractivity contribution in [3.63, 3.8) is 0 Å². The fourth-order valence-corrected chi connectivity index (χ4v) is 1.78. The third kappa shape index (κ3) is 2.42. The van der Waals surface area contributed by atoms with Crippen LogP contribution in [0.4, 0.5) is 0 Å².